The summed E-state index contributed by atoms with van der Waals surface area (Å²) in [5.41, 5.74) is 0. The highest BCUT2D eigenvalue weighted by Crippen LogP contribution is 1.85. The molecule has 0 spiro atoms. The van der Waals surface area contributed by atoms with Gasteiger partial charge in [-0.25, -0.2) is 0 Å². The van der Waals surface area contributed by atoms with E-state index < -0.39 is 0 Å². The van der Waals surface area contributed by atoms with Crippen molar-refractivity contribution in [3.05, 3.63) is 0 Å². The van der Waals surface area contributed by atoms with Gasteiger partial charge in [-0.15, -0.1) is 0 Å². The molecule has 0 radical (unpaired) electrons. The topological polar surface area (TPSA) is 35.5 Å². The van der Waals surface area contributed by atoms with E-state index in [2.05, 4.69) is 4.74 Å². The number of carbonyl (C=O) groups excluding carboxylic acids is 1. The molecule has 0 saturated carbocycles. The van der Waals surface area contributed by atoms with Crippen molar-refractivity contribution >= 4 is 6.47 Å². The molecule has 0 aromatic rings. The summed E-state index contributed by atoms with van der Waals surface area (Å²) >= 11 is 0. The molecule has 0 atom stereocenters. The molecule has 0 rings (SSSR count). The number of hydrogen-bond acceptors (Lipinski definition) is 3. The fourth-order valence-electron chi connectivity index (χ4n) is 0.380. The maximum Gasteiger partial charge on any atom is 0.293 e. The number of ether oxygens (including phenoxy) is 2. The Hall–Kier alpha value is -0.570. The monoisotopic (exact) mass is 132 g/mol. The van der Waals surface area contributed by atoms with E-state index in [9.17, 15) is 4.79 Å². The van der Waals surface area contributed by atoms with Crippen LogP contribution in [0.5, 0.6) is 0 Å². The van der Waals surface area contributed by atoms with Gasteiger partial charge < -0.3 is 9.47 Å². The molecule has 3 heteroatoms. The number of rotatable bonds is 5. The van der Waals surface area contributed by atoms with Crippen LogP contribution in [0.1, 0.15) is 13.8 Å². The zero-order chi connectivity index (χ0) is 7.11. The van der Waals surface area contributed by atoms with Crippen molar-refractivity contribution in [2.24, 2.45) is 0 Å². The summed E-state index contributed by atoms with van der Waals surface area (Å²) in [5.74, 6) is 0. The first-order valence-corrected chi connectivity index (χ1v) is 2.94. The highest BCUT2D eigenvalue weighted by molar-refractivity contribution is 5.36. The molecule has 0 aliphatic heterocycles. The van der Waals surface area contributed by atoms with Crippen molar-refractivity contribution in [1.29, 1.82) is 0 Å². The Labute approximate surface area is 55.0 Å². The van der Waals surface area contributed by atoms with Crippen LogP contribution in [-0.2, 0) is 14.3 Å². The third kappa shape index (κ3) is 7.43. The Balaban J connectivity index is 2.82. The van der Waals surface area contributed by atoms with Gasteiger partial charge in [0.05, 0.1) is 12.7 Å². The van der Waals surface area contributed by atoms with Crippen molar-refractivity contribution in [3.63, 3.8) is 0 Å². The lowest BCUT2D eigenvalue weighted by molar-refractivity contribution is -0.130. The molecular weight excluding hydrogens is 120 g/mol. The molecule has 0 amide bonds. The maximum atomic E-state index is 9.57. The van der Waals surface area contributed by atoms with Crippen molar-refractivity contribution in [2.75, 3.05) is 13.2 Å². The molecule has 0 N–H and O–H groups in total. The van der Waals surface area contributed by atoms with E-state index in [1.54, 1.807) is 0 Å². The van der Waals surface area contributed by atoms with Crippen LogP contribution in [0.15, 0.2) is 0 Å². The maximum absolute atomic E-state index is 9.57. The van der Waals surface area contributed by atoms with Crippen LogP contribution in [0, 0.1) is 0 Å². The first-order valence-electron chi connectivity index (χ1n) is 2.94. The summed E-state index contributed by atoms with van der Waals surface area (Å²) in [7, 11) is 0. The van der Waals surface area contributed by atoms with Crippen LogP contribution in [0.3, 0.4) is 0 Å². The summed E-state index contributed by atoms with van der Waals surface area (Å²) in [6.45, 7) is 5.11. The molecule has 0 aliphatic rings. The standard InChI is InChI=1S/C6H12O3/c1-6(2)9-4-3-8-5-7/h5-6H,3-4H2,1-2H3. The second-order valence-corrected chi connectivity index (χ2v) is 1.89. The molecule has 0 bridgehead atoms. The lowest BCUT2D eigenvalue weighted by Crippen LogP contribution is -2.08. The highest BCUT2D eigenvalue weighted by atomic mass is 16.5. The van der Waals surface area contributed by atoms with Gasteiger partial charge >= 0.3 is 0 Å². The molecule has 0 saturated heterocycles. The van der Waals surface area contributed by atoms with Gasteiger partial charge in [-0.1, -0.05) is 0 Å². The van der Waals surface area contributed by atoms with E-state index in [0.29, 0.717) is 19.7 Å². The molecule has 9 heavy (non-hydrogen) atoms. The second kappa shape index (κ2) is 5.56. The first kappa shape index (κ1) is 8.43. The molecule has 54 valence electrons. The van der Waals surface area contributed by atoms with Crippen molar-refractivity contribution in [1.82, 2.24) is 0 Å². The molecule has 0 aromatic carbocycles. The van der Waals surface area contributed by atoms with Crippen LogP contribution >= 0.6 is 0 Å². The molecule has 0 aliphatic carbocycles. The van der Waals surface area contributed by atoms with Crippen LogP contribution in [0.25, 0.3) is 0 Å². The van der Waals surface area contributed by atoms with Crippen LogP contribution in [-0.4, -0.2) is 25.8 Å². The fourth-order valence-corrected chi connectivity index (χ4v) is 0.380. The zero-order valence-corrected chi connectivity index (χ0v) is 5.79. The van der Waals surface area contributed by atoms with E-state index >= 15 is 0 Å². The summed E-state index contributed by atoms with van der Waals surface area (Å²) in [6, 6.07) is 0. The third-order valence-corrected chi connectivity index (χ3v) is 0.720. The zero-order valence-electron chi connectivity index (χ0n) is 5.79. The lowest BCUT2D eigenvalue weighted by Gasteiger charge is -2.04. The predicted molar refractivity (Wildman–Crippen MR) is 33.1 cm³/mol. The van der Waals surface area contributed by atoms with Gasteiger partial charge in [0.15, 0.2) is 0 Å². The van der Waals surface area contributed by atoms with Gasteiger partial charge in [-0.05, 0) is 13.8 Å². The number of hydrogen-bond donors (Lipinski definition) is 0. The van der Waals surface area contributed by atoms with Gasteiger partial charge in [0.25, 0.3) is 6.47 Å². The van der Waals surface area contributed by atoms with Crippen LogP contribution in [0.2, 0.25) is 0 Å². The molecule has 3 nitrogen and oxygen atoms in total. The Morgan fingerprint density at radius 2 is 2.11 bits per heavy atom. The molecule has 0 heterocycles. The van der Waals surface area contributed by atoms with Crippen molar-refractivity contribution in [3.8, 4) is 0 Å². The summed E-state index contributed by atoms with van der Waals surface area (Å²) in [5, 5.41) is 0. The Bertz CT molecular complexity index is 70.7. The predicted octanol–water partition coefficient (Wildman–Crippen LogP) is 0.584. The molecule has 0 unspecified atom stereocenters. The Morgan fingerprint density at radius 3 is 2.56 bits per heavy atom. The smallest absolute Gasteiger partial charge is 0.293 e. The molecule has 0 aromatic heterocycles. The fraction of sp³-hybridized carbons (Fsp3) is 0.833. The van der Waals surface area contributed by atoms with Gasteiger partial charge in [0.1, 0.15) is 6.61 Å². The molecular formula is C6H12O3. The van der Waals surface area contributed by atoms with Crippen molar-refractivity contribution < 1.29 is 14.3 Å². The van der Waals surface area contributed by atoms with Gasteiger partial charge in [0.2, 0.25) is 0 Å². The lowest BCUT2D eigenvalue weighted by atomic mass is 10.5. The first-order chi connectivity index (χ1) is 4.27. The SMILES string of the molecule is CC(C)OCCOC=O. The summed E-state index contributed by atoms with van der Waals surface area (Å²) < 4.78 is 9.44. The van der Waals surface area contributed by atoms with Gasteiger partial charge in [-0.3, -0.25) is 4.79 Å². The van der Waals surface area contributed by atoms with E-state index in [0.717, 1.165) is 0 Å². The summed E-state index contributed by atoms with van der Waals surface area (Å²) in [6.07, 6.45) is 0.209. The van der Waals surface area contributed by atoms with E-state index in [4.69, 9.17) is 4.74 Å². The van der Waals surface area contributed by atoms with E-state index in [-0.39, 0.29) is 6.10 Å². The van der Waals surface area contributed by atoms with Crippen LogP contribution in [0.4, 0.5) is 0 Å². The average molecular weight is 132 g/mol. The van der Waals surface area contributed by atoms with Gasteiger partial charge in [-0.2, -0.15) is 0 Å². The van der Waals surface area contributed by atoms with Gasteiger partial charge in [0, 0.05) is 0 Å². The third-order valence-electron chi connectivity index (χ3n) is 0.720. The minimum Gasteiger partial charge on any atom is -0.465 e. The molecule has 0 fully saturated rings. The van der Waals surface area contributed by atoms with Crippen LogP contribution < -0.4 is 0 Å². The second-order valence-electron chi connectivity index (χ2n) is 1.89. The van der Waals surface area contributed by atoms with E-state index in [1.165, 1.54) is 0 Å². The highest BCUT2D eigenvalue weighted by Gasteiger charge is 1.90. The normalized spacial score (nSPS) is 9.67. The minimum absolute atomic E-state index is 0.209. The largest absolute Gasteiger partial charge is 0.465 e. The quantitative estimate of drug-likeness (QED) is 0.405. The average Bonchev–Trinajstić information content (AvgIpc) is 1.80. The summed E-state index contributed by atoms with van der Waals surface area (Å²) in [4.78, 5) is 9.57. The van der Waals surface area contributed by atoms with Crippen molar-refractivity contribution in [2.45, 2.75) is 20.0 Å². The Kier molecular flexibility index (Phi) is 5.21. The minimum atomic E-state index is 0.209. The van der Waals surface area contributed by atoms with E-state index in [1.807, 2.05) is 13.8 Å². The Morgan fingerprint density at radius 1 is 1.44 bits per heavy atom. The number of carbonyl (C=O) groups is 1.